The molecule has 0 heterocycles. The van der Waals surface area contributed by atoms with Crippen LogP contribution >= 0.6 is 0 Å². The molecule has 0 saturated heterocycles. The predicted octanol–water partition coefficient (Wildman–Crippen LogP) is 4.39. The number of methoxy groups -OCH3 is 1. The van der Waals surface area contributed by atoms with Gasteiger partial charge in [-0.05, 0) is 43.5 Å². The normalized spacial score (nSPS) is 12.5. The molecule has 104 valence electrons. The lowest BCUT2D eigenvalue weighted by atomic mass is 10.1. The van der Waals surface area contributed by atoms with E-state index in [2.05, 4.69) is 57.1 Å². The fourth-order valence-corrected chi connectivity index (χ4v) is 1.94. The van der Waals surface area contributed by atoms with Crippen LogP contribution in [-0.4, -0.2) is 19.1 Å². The quantitative estimate of drug-likeness (QED) is 0.703. The number of benzene rings is 1. The lowest BCUT2D eigenvalue weighted by Gasteiger charge is -2.15. The Balaban J connectivity index is 2.63. The number of hydrogen-bond acceptors (Lipinski definition) is 2. The molecule has 0 bridgehead atoms. The summed E-state index contributed by atoms with van der Waals surface area (Å²) >= 11 is 0. The van der Waals surface area contributed by atoms with Crippen LogP contribution in [-0.2, 0) is 6.54 Å². The number of nitrogens with zero attached hydrogens (tertiary/aromatic N) is 1. The minimum Gasteiger partial charge on any atom is -0.497 e. The van der Waals surface area contributed by atoms with E-state index in [1.165, 1.54) is 16.7 Å². The van der Waals surface area contributed by atoms with E-state index in [-0.39, 0.29) is 0 Å². The van der Waals surface area contributed by atoms with Crippen molar-refractivity contribution in [2.75, 3.05) is 14.2 Å². The first-order chi connectivity index (χ1) is 9.05. The Morgan fingerprint density at radius 1 is 1.21 bits per heavy atom. The average molecular weight is 259 g/mol. The van der Waals surface area contributed by atoms with Crippen molar-refractivity contribution in [1.29, 1.82) is 0 Å². The molecule has 1 rings (SSSR count). The Morgan fingerprint density at radius 3 is 2.37 bits per heavy atom. The first-order valence-electron chi connectivity index (χ1n) is 6.74. The second-order valence-corrected chi connectivity index (χ2v) is 4.98. The summed E-state index contributed by atoms with van der Waals surface area (Å²) in [6.45, 7) is 7.39. The van der Waals surface area contributed by atoms with E-state index in [1.54, 1.807) is 7.11 Å². The third-order valence-corrected chi connectivity index (χ3v) is 3.05. The summed E-state index contributed by atoms with van der Waals surface area (Å²) in [5.41, 5.74) is 3.98. The van der Waals surface area contributed by atoms with E-state index >= 15 is 0 Å². The summed E-state index contributed by atoms with van der Waals surface area (Å²) in [6.07, 6.45) is 5.53. The fourth-order valence-electron chi connectivity index (χ4n) is 1.94. The minimum absolute atomic E-state index is 0.902. The number of allylic oxidation sites excluding steroid dienone is 3. The zero-order valence-electron chi connectivity index (χ0n) is 12.7. The van der Waals surface area contributed by atoms with Crippen molar-refractivity contribution in [1.82, 2.24) is 4.90 Å². The van der Waals surface area contributed by atoms with Crippen LogP contribution in [0.25, 0.3) is 0 Å². The molecule has 0 N–H and O–H groups in total. The van der Waals surface area contributed by atoms with Crippen molar-refractivity contribution >= 4 is 0 Å². The zero-order chi connectivity index (χ0) is 14.3. The van der Waals surface area contributed by atoms with Gasteiger partial charge >= 0.3 is 0 Å². The summed E-state index contributed by atoms with van der Waals surface area (Å²) in [7, 11) is 3.79. The molecule has 0 spiro atoms. The van der Waals surface area contributed by atoms with Gasteiger partial charge in [-0.25, -0.2) is 0 Å². The molecule has 1 aromatic carbocycles. The van der Waals surface area contributed by atoms with E-state index < -0.39 is 0 Å². The van der Waals surface area contributed by atoms with Gasteiger partial charge in [0.25, 0.3) is 0 Å². The topological polar surface area (TPSA) is 12.5 Å². The third kappa shape index (κ3) is 5.64. The van der Waals surface area contributed by atoms with Gasteiger partial charge in [-0.1, -0.05) is 30.7 Å². The Morgan fingerprint density at radius 2 is 1.84 bits per heavy atom. The van der Waals surface area contributed by atoms with Crippen molar-refractivity contribution in [3.63, 3.8) is 0 Å². The van der Waals surface area contributed by atoms with Gasteiger partial charge < -0.3 is 9.64 Å². The molecule has 0 aliphatic rings. The van der Waals surface area contributed by atoms with Gasteiger partial charge in [-0.2, -0.15) is 0 Å². The molecule has 0 fully saturated rings. The van der Waals surface area contributed by atoms with Crippen molar-refractivity contribution in [3.05, 3.63) is 53.3 Å². The highest BCUT2D eigenvalue weighted by molar-refractivity contribution is 5.27. The van der Waals surface area contributed by atoms with E-state index in [4.69, 9.17) is 4.74 Å². The first-order valence-corrected chi connectivity index (χ1v) is 6.74. The molecule has 0 saturated carbocycles. The summed E-state index contributed by atoms with van der Waals surface area (Å²) in [6, 6.07) is 8.21. The third-order valence-electron chi connectivity index (χ3n) is 3.05. The van der Waals surface area contributed by atoms with Crippen LogP contribution in [0.4, 0.5) is 0 Å². The molecule has 0 aromatic heterocycles. The number of rotatable bonds is 6. The highest BCUT2D eigenvalue weighted by atomic mass is 16.5. The molecule has 0 radical (unpaired) electrons. The van der Waals surface area contributed by atoms with Crippen molar-refractivity contribution in [2.45, 2.75) is 33.7 Å². The molecule has 0 amide bonds. The van der Waals surface area contributed by atoms with Crippen molar-refractivity contribution in [2.24, 2.45) is 0 Å². The van der Waals surface area contributed by atoms with E-state index in [9.17, 15) is 0 Å². The molecule has 2 heteroatoms. The molecule has 0 aliphatic carbocycles. The monoisotopic (exact) mass is 259 g/mol. The number of hydrogen-bond donors (Lipinski definition) is 0. The Labute approximate surface area is 117 Å². The van der Waals surface area contributed by atoms with Gasteiger partial charge in [-0.15, -0.1) is 0 Å². The molecule has 19 heavy (non-hydrogen) atoms. The van der Waals surface area contributed by atoms with Gasteiger partial charge in [0.15, 0.2) is 0 Å². The molecule has 1 aromatic rings. The first kappa shape index (κ1) is 15.4. The molecule has 0 aliphatic heterocycles. The Kier molecular flexibility index (Phi) is 6.20. The van der Waals surface area contributed by atoms with E-state index in [0.717, 1.165) is 18.7 Å². The average Bonchev–Trinajstić information content (AvgIpc) is 2.39. The van der Waals surface area contributed by atoms with Crippen LogP contribution < -0.4 is 4.74 Å². The van der Waals surface area contributed by atoms with Crippen LogP contribution in [0, 0.1) is 0 Å². The second kappa shape index (κ2) is 7.67. The van der Waals surface area contributed by atoms with Gasteiger partial charge in [-0.3, -0.25) is 0 Å². The lowest BCUT2D eigenvalue weighted by molar-refractivity contribution is 0.413. The Hall–Kier alpha value is -1.70. The summed E-state index contributed by atoms with van der Waals surface area (Å²) in [5, 5.41) is 0. The zero-order valence-corrected chi connectivity index (χ0v) is 12.7. The summed E-state index contributed by atoms with van der Waals surface area (Å²) in [5.74, 6) is 0.902. The summed E-state index contributed by atoms with van der Waals surface area (Å²) < 4.78 is 5.16. The molecule has 0 unspecified atom stereocenters. The van der Waals surface area contributed by atoms with Crippen LogP contribution in [0.1, 0.15) is 32.8 Å². The molecule has 2 nitrogen and oxygen atoms in total. The van der Waals surface area contributed by atoms with E-state index in [1.807, 2.05) is 12.1 Å². The van der Waals surface area contributed by atoms with Crippen LogP contribution in [0.3, 0.4) is 0 Å². The largest absolute Gasteiger partial charge is 0.497 e. The molecule has 0 atom stereocenters. The van der Waals surface area contributed by atoms with E-state index in [0.29, 0.717) is 0 Å². The minimum atomic E-state index is 0.902. The van der Waals surface area contributed by atoms with Crippen molar-refractivity contribution in [3.8, 4) is 5.75 Å². The van der Waals surface area contributed by atoms with Crippen LogP contribution in [0.15, 0.2) is 47.7 Å². The predicted molar refractivity (Wildman–Crippen MR) is 82.3 cm³/mol. The molecular formula is C17H25NO. The Bertz CT molecular complexity index is 443. The molecular weight excluding hydrogens is 234 g/mol. The highest BCUT2D eigenvalue weighted by Gasteiger charge is 1.98. The second-order valence-electron chi connectivity index (χ2n) is 4.98. The van der Waals surface area contributed by atoms with Gasteiger partial charge in [0.2, 0.25) is 0 Å². The maximum Gasteiger partial charge on any atom is 0.118 e. The summed E-state index contributed by atoms with van der Waals surface area (Å²) in [4.78, 5) is 2.20. The van der Waals surface area contributed by atoms with Crippen molar-refractivity contribution < 1.29 is 4.74 Å². The highest BCUT2D eigenvalue weighted by Crippen LogP contribution is 2.13. The SMILES string of the molecule is CC/C(C)=C/C(C)=C\N(C)Cc1ccc(OC)cc1. The number of ether oxygens (including phenoxy) is 1. The smallest absolute Gasteiger partial charge is 0.118 e. The lowest BCUT2D eigenvalue weighted by Crippen LogP contribution is -2.10. The van der Waals surface area contributed by atoms with Gasteiger partial charge in [0.1, 0.15) is 5.75 Å². The maximum atomic E-state index is 5.16. The fraction of sp³-hybridized carbons (Fsp3) is 0.412. The maximum absolute atomic E-state index is 5.16. The van der Waals surface area contributed by atoms with Gasteiger partial charge in [0.05, 0.1) is 7.11 Å². The standard InChI is InChI=1S/C17H25NO/c1-6-14(2)11-15(3)12-18(4)13-16-7-9-17(19-5)10-8-16/h7-12H,6,13H2,1-5H3/b14-11+,15-12-. The van der Waals surface area contributed by atoms with Gasteiger partial charge in [0, 0.05) is 19.8 Å². The van der Waals surface area contributed by atoms with Crippen LogP contribution in [0.2, 0.25) is 0 Å². The van der Waals surface area contributed by atoms with Crippen LogP contribution in [0.5, 0.6) is 5.75 Å².